The van der Waals surface area contributed by atoms with E-state index in [1.54, 1.807) is 0 Å². The van der Waals surface area contributed by atoms with Gasteiger partial charge in [-0.2, -0.15) is 0 Å². The van der Waals surface area contributed by atoms with Crippen LogP contribution in [0, 0.1) is 11.3 Å². The largest absolute Gasteiger partial charge is 0.341 e. The number of alkyl halides is 1. The van der Waals surface area contributed by atoms with Gasteiger partial charge in [-0.05, 0) is 36.2 Å². The molecule has 1 aliphatic heterocycles. The van der Waals surface area contributed by atoms with E-state index in [1.165, 1.54) is 19.3 Å². The van der Waals surface area contributed by atoms with Crippen molar-refractivity contribution in [3.63, 3.8) is 0 Å². The van der Waals surface area contributed by atoms with Crippen molar-refractivity contribution in [3.8, 4) is 0 Å². The molecule has 2 heterocycles. The molecule has 0 amide bonds. The molecule has 2 rings (SSSR count). The first-order valence-corrected chi connectivity index (χ1v) is 8.24. The van der Waals surface area contributed by atoms with Crippen molar-refractivity contribution >= 4 is 21.9 Å². The Morgan fingerprint density at radius 1 is 1.21 bits per heavy atom. The van der Waals surface area contributed by atoms with Crippen molar-refractivity contribution in [2.45, 2.75) is 45.4 Å². The Kier molecular flexibility index (Phi) is 4.82. The average molecular weight is 326 g/mol. The Balaban J connectivity index is 2.02. The molecule has 1 aliphatic rings. The zero-order valence-electron chi connectivity index (χ0n) is 12.2. The molecule has 0 spiro atoms. The monoisotopic (exact) mass is 325 g/mol. The lowest BCUT2D eigenvalue weighted by molar-refractivity contribution is 0.220. The van der Waals surface area contributed by atoms with Crippen LogP contribution in [0.5, 0.6) is 0 Å². The highest BCUT2D eigenvalue weighted by Crippen LogP contribution is 2.34. The maximum Gasteiger partial charge on any atom is 0.225 e. The topological polar surface area (TPSA) is 29.0 Å². The number of anilines is 1. The third-order valence-electron chi connectivity index (χ3n) is 4.08. The van der Waals surface area contributed by atoms with E-state index in [2.05, 4.69) is 51.6 Å². The lowest BCUT2D eigenvalue weighted by atomic mass is 9.77. The van der Waals surface area contributed by atoms with Crippen molar-refractivity contribution in [1.29, 1.82) is 0 Å². The number of halogens is 1. The fourth-order valence-electron chi connectivity index (χ4n) is 2.74. The molecule has 4 heteroatoms. The molecule has 0 N–H and O–H groups in total. The first-order chi connectivity index (χ1) is 9.00. The Bertz CT molecular complexity index is 397. The molecule has 0 radical (unpaired) electrons. The Hall–Kier alpha value is -0.640. The van der Waals surface area contributed by atoms with Gasteiger partial charge in [0.05, 0.1) is 0 Å². The van der Waals surface area contributed by atoms with Crippen molar-refractivity contribution < 1.29 is 0 Å². The molecule has 19 heavy (non-hydrogen) atoms. The summed E-state index contributed by atoms with van der Waals surface area (Å²) in [6, 6.07) is 0. The van der Waals surface area contributed by atoms with Crippen LogP contribution in [0.3, 0.4) is 0 Å². The van der Waals surface area contributed by atoms with Crippen molar-refractivity contribution in [1.82, 2.24) is 9.97 Å². The highest BCUT2D eigenvalue weighted by atomic mass is 79.9. The van der Waals surface area contributed by atoms with Crippen molar-refractivity contribution in [2.75, 3.05) is 18.0 Å². The lowest BCUT2D eigenvalue weighted by Crippen LogP contribution is -2.27. The van der Waals surface area contributed by atoms with Gasteiger partial charge in [-0.3, -0.25) is 0 Å². The van der Waals surface area contributed by atoms with Gasteiger partial charge in [0.1, 0.15) is 0 Å². The SMILES string of the molecule is CC(C)(C)C1CCCN(c2ncc(CBr)cn2)CC1. The van der Waals surface area contributed by atoms with E-state index in [-0.39, 0.29) is 0 Å². The van der Waals surface area contributed by atoms with Crippen LogP contribution >= 0.6 is 15.9 Å². The van der Waals surface area contributed by atoms with Crippen LogP contribution in [0.4, 0.5) is 5.95 Å². The molecule has 1 atom stereocenters. The molecule has 1 aromatic heterocycles. The Labute approximate surface area is 125 Å². The van der Waals surface area contributed by atoms with E-state index in [9.17, 15) is 0 Å². The summed E-state index contributed by atoms with van der Waals surface area (Å²) >= 11 is 3.43. The second kappa shape index (κ2) is 6.21. The van der Waals surface area contributed by atoms with E-state index < -0.39 is 0 Å². The predicted octanol–water partition coefficient (Wildman–Crippen LogP) is 4.02. The predicted molar refractivity (Wildman–Crippen MR) is 83.7 cm³/mol. The average Bonchev–Trinajstić information content (AvgIpc) is 2.64. The minimum atomic E-state index is 0.413. The van der Waals surface area contributed by atoms with Crippen LogP contribution < -0.4 is 4.90 Å². The van der Waals surface area contributed by atoms with Gasteiger partial charge < -0.3 is 4.90 Å². The van der Waals surface area contributed by atoms with Gasteiger partial charge in [-0.15, -0.1) is 0 Å². The first-order valence-electron chi connectivity index (χ1n) is 7.12. The minimum absolute atomic E-state index is 0.413. The van der Waals surface area contributed by atoms with Gasteiger partial charge in [0.2, 0.25) is 5.95 Å². The summed E-state index contributed by atoms with van der Waals surface area (Å²) in [5.41, 5.74) is 1.54. The van der Waals surface area contributed by atoms with E-state index in [0.29, 0.717) is 5.41 Å². The van der Waals surface area contributed by atoms with Crippen LogP contribution in [0.1, 0.15) is 45.6 Å². The third kappa shape index (κ3) is 3.91. The molecule has 1 saturated heterocycles. The summed E-state index contributed by atoms with van der Waals surface area (Å²) in [7, 11) is 0. The molecule has 3 nitrogen and oxygen atoms in total. The quantitative estimate of drug-likeness (QED) is 0.769. The molecule has 1 fully saturated rings. The van der Waals surface area contributed by atoms with Crippen LogP contribution in [-0.4, -0.2) is 23.1 Å². The number of hydrogen-bond acceptors (Lipinski definition) is 3. The maximum atomic E-state index is 4.49. The summed E-state index contributed by atoms with van der Waals surface area (Å²) in [6.07, 6.45) is 7.64. The standard InChI is InChI=1S/C15H24BrN3/c1-15(2,3)13-5-4-7-19(8-6-13)14-17-10-12(9-16)11-18-14/h10-11,13H,4-9H2,1-3H3. The molecule has 0 aromatic carbocycles. The number of rotatable bonds is 2. The Morgan fingerprint density at radius 3 is 2.47 bits per heavy atom. The minimum Gasteiger partial charge on any atom is -0.341 e. The molecule has 106 valence electrons. The smallest absolute Gasteiger partial charge is 0.225 e. The fourth-order valence-corrected chi connectivity index (χ4v) is 3.03. The second-order valence-electron chi connectivity index (χ2n) is 6.51. The lowest BCUT2D eigenvalue weighted by Gasteiger charge is -2.29. The van der Waals surface area contributed by atoms with Gasteiger partial charge in [-0.25, -0.2) is 9.97 Å². The maximum absolute atomic E-state index is 4.49. The van der Waals surface area contributed by atoms with Gasteiger partial charge in [-0.1, -0.05) is 36.7 Å². The molecular formula is C15H24BrN3. The summed E-state index contributed by atoms with van der Waals surface area (Å²) in [6.45, 7) is 9.23. The zero-order valence-corrected chi connectivity index (χ0v) is 13.8. The highest BCUT2D eigenvalue weighted by molar-refractivity contribution is 9.08. The number of aromatic nitrogens is 2. The molecular weight excluding hydrogens is 302 g/mol. The zero-order chi connectivity index (χ0) is 13.9. The normalized spacial score (nSPS) is 21.3. The number of nitrogens with zero attached hydrogens (tertiary/aromatic N) is 3. The molecule has 0 saturated carbocycles. The van der Waals surface area contributed by atoms with Gasteiger partial charge in [0.15, 0.2) is 0 Å². The van der Waals surface area contributed by atoms with Crippen LogP contribution in [0.25, 0.3) is 0 Å². The highest BCUT2D eigenvalue weighted by Gasteiger charge is 2.27. The van der Waals surface area contributed by atoms with E-state index >= 15 is 0 Å². The van der Waals surface area contributed by atoms with E-state index in [1.807, 2.05) is 12.4 Å². The summed E-state index contributed by atoms with van der Waals surface area (Å²) in [5.74, 6) is 1.69. The Morgan fingerprint density at radius 2 is 1.89 bits per heavy atom. The van der Waals surface area contributed by atoms with E-state index in [4.69, 9.17) is 0 Å². The summed E-state index contributed by atoms with van der Waals surface area (Å²) in [5, 5.41) is 0.819. The molecule has 1 unspecified atom stereocenters. The van der Waals surface area contributed by atoms with E-state index in [0.717, 1.165) is 35.8 Å². The van der Waals surface area contributed by atoms with Crippen molar-refractivity contribution in [3.05, 3.63) is 18.0 Å². The second-order valence-corrected chi connectivity index (χ2v) is 7.07. The van der Waals surface area contributed by atoms with Gasteiger partial charge in [0, 0.05) is 30.8 Å². The van der Waals surface area contributed by atoms with Crippen molar-refractivity contribution in [2.24, 2.45) is 11.3 Å². The molecule has 0 bridgehead atoms. The van der Waals surface area contributed by atoms with Gasteiger partial charge in [0.25, 0.3) is 0 Å². The molecule has 1 aromatic rings. The van der Waals surface area contributed by atoms with Crippen LogP contribution in [0.2, 0.25) is 0 Å². The summed E-state index contributed by atoms with van der Waals surface area (Å²) < 4.78 is 0. The third-order valence-corrected chi connectivity index (χ3v) is 4.73. The number of hydrogen-bond donors (Lipinski definition) is 0. The summed E-state index contributed by atoms with van der Waals surface area (Å²) in [4.78, 5) is 11.3. The van der Waals surface area contributed by atoms with Crippen LogP contribution in [0.15, 0.2) is 12.4 Å². The fraction of sp³-hybridized carbons (Fsp3) is 0.733. The van der Waals surface area contributed by atoms with Gasteiger partial charge >= 0.3 is 0 Å². The molecule has 0 aliphatic carbocycles. The van der Waals surface area contributed by atoms with Crippen LogP contribution in [-0.2, 0) is 5.33 Å². The first kappa shape index (κ1) is 14.8.